The van der Waals surface area contributed by atoms with E-state index in [1.807, 2.05) is 23.9 Å². The van der Waals surface area contributed by atoms with Crippen molar-refractivity contribution < 1.29 is 4.42 Å². The zero-order chi connectivity index (χ0) is 9.64. The number of rotatable bonds is 4. The zero-order valence-electron chi connectivity index (χ0n) is 8.37. The lowest BCUT2D eigenvalue weighted by molar-refractivity contribution is 0.410. The number of nitrogens with one attached hydrogen (secondary N) is 1. The zero-order valence-corrected chi connectivity index (χ0v) is 9.19. The van der Waals surface area contributed by atoms with E-state index in [1.54, 1.807) is 6.26 Å². The Morgan fingerprint density at radius 2 is 2.57 bits per heavy atom. The Hall–Kier alpha value is -0.410. The van der Waals surface area contributed by atoms with Gasteiger partial charge < -0.3 is 9.73 Å². The summed E-state index contributed by atoms with van der Waals surface area (Å²) >= 11 is 1.98. The van der Waals surface area contributed by atoms with Gasteiger partial charge in [-0.1, -0.05) is 0 Å². The van der Waals surface area contributed by atoms with Gasteiger partial charge in [0.1, 0.15) is 5.76 Å². The van der Waals surface area contributed by atoms with E-state index in [1.165, 1.54) is 31.7 Å². The third-order valence-electron chi connectivity index (χ3n) is 2.58. The van der Waals surface area contributed by atoms with Gasteiger partial charge in [0.25, 0.3) is 0 Å². The molecule has 1 aromatic rings. The minimum absolute atomic E-state index is 0.865. The van der Waals surface area contributed by atoms with Gasteiger partial charge in [-0.15, -0.1) is 0 Å². The molecule has 1 aliphatic heterocycles. The fourth-order valence-corrected chi connectivity index (χ4v) is 2.89. The van der Waals surface area contributed by atoms with Gasteiger partial charge in [0.05, 0.1) is 12.0 Å². The van der Waals surface area contributed by atoms with Gasteiger partial charge in [0, 0.05) is 0 Å². The van der Waals surface area contributed by atoms with Crippen LogP contribution in [0.15, 0.2) is 22.8 Å². The molecule has 1 atom stereocenters. The van der Waals surface area contributed by atoms with Crippen LogP contribution in [0.4, 0.5) is 0 Å². The Morgan fingerprint density at radius 1 is 1.57 bits per heavy atom. The average molecular weight is 211 g/mol. The topological polar surface area (TPSA) is 25.2 Å². The summed E-state index contributed by atoms with van der Waals surface area (Å²) in [5.74, 6) is 4.24. The van der Waals surface area contributed by atoms with E-state index in [0.717, 1.165) is 17.4 Å². The summed E-state index contributed by atoms with van der Waals surface area (Å²) in [6.45, 7) is 2.41. The predicted molar refractivity (Wildman–Crippen MR) is 60.5 cm³/mol. The van der Waals surface area contributed by atoms with E-state index in [2.05, 4.69) is 5.32 Å². The molecule has 0 aromatic carbocycles. The Labute approximate surface area is 89.4 Å². The molecule has 78 valence electrons. The first kappa shape index (κ1) is 10.1. The van der Waals surface area contributed by atoms with Crippen LogP contribution in [0.1, 0.15) is 18.6 Å². The molecule has 3 heteroatoms. The monoisotopic (exact) mass is 211 g/mol. The van der Waals surface area contributed by atoms with Crippen LogP contribution in [0.2, 0.25) is 0 Å². The van der Waals surface area contributed by atoms with Gasteiger partial charge in [-0.25, -0.2) is 0 Å². The van der Waals surface area contributed by atoms with Crippen LogP contribution in [0.25, 0.3) is 0 Å². The van der Waals surface area contributed by atoms with Crippen LogP contribution in [0, 0.1) is 5.92 Å². The molecule has 1 aliphatic rings. The molecule has 2 nitrogen and oxygen atoms in total. The van der Waals surface area contributed by atoms with Crippen molar-refractivity contribution in [2.75, 3.05) is 18.8 Å². The second-order valence-electron chi connectivity index (χ2n) is 3.81. The smallest absolute Gasteiger partial charge is 0.113 e. The van der Waals surface area contributed by atoms with E-state index >= 15 is 0 Å². The average Bonchev–Trinajstić information content (AvgIpc) is 2.72. The summed E-state index contributed by atoms with van der Waals surface area (Å²) < 4.78 is 5.29. The molecule has 0 amide bonds. The van der Waals surface area contributed by atoms with Gasteiger partial charge in [-0.3, -0.25) is 0 Å². The highest BCUT2D eigenvalue weighted by molar-refractivity contribution is 7.98. The molecule has 1 aromatic heterocycles. The second-order valence-corrected chi connectivity index (χ2v) is 4.84. The molecule has 0 unspecified atom stereocenters. The predicted octanol–water partition coefficient (Wildman–Crippen LogP) is 2.51. The first-order valence-electron chi connectivity index (χ1n) is 5.26. The van der Waals surface area contributed by atoms with E-state index in [4.69, 9.17) is 4.42 Å². The number of hydrogen-bond acceptors (Lipinski definition) is 3. The van der Waals surface area contributed by atoms with Crippen molar-refractivity contribution >= 4 is 11.8 Å². The second kappa shape index (κ2) is 5.47. The third kappa shape index (κ3) is 3.07. The fourth-order valence-electron chi connectivity index (χ4n) is 1.79. The maximum atomic E-state index is 5.29. The lowest BCUT2D eigenvalue weighted by Crippen LogP contribution is -2.30. The highest BCUT2D eigenvalue weighted by Gasteiger charge is 2.12. The third-order valence-corrected chi connectivity index (χ3v) is 3.77. The maximum absolute atomic E-state index is 5.29. The fraction of sp³-hybridized carbons (Fsp3) is 0.636. The lowest BCUT2D eigenvalue weighted by atomic mass is 10.0. The van der Waals surface area contributed by atoms with Crippen LogP contribution in [-0.4, -0.2) is 18.8 Å². The molecule has 2 rings (SSSR count). The van der Waals surface area contributed by atoms with Gasteiger partial charge in [0.2, 0.25) is 0 Å². The number of hydrogen-bond donors (Lipinski definition) is 1. The minimum atomic E-state index is 0.865. The van der Waals surface area contributed by atoms with Crippen LogP contribution in [0.3, 0.4) is 0 Å². The van der Waals surface area contributed by atoms with E-state index in [9.17, 15) is 0 Å². The van der Waals surface area contributed by atoms with Crippen molar-refractivity contribution in [3.8, 4) is 0 Å². The number of thioether (sulfide) groups is 1. The molecule has 0 bridgehead atoms. The van der Waals surface area contributed by atoms with Gasteiger partial charge in [0.15, 0.2) is 0 Å². The van der Waals surface area contributed by atoms with Gasteiger partial charge in [-0.05, 0) is 49.7 Å². The molecule has 0 aliphatic carbocycles. The molecule has 1 N–H and O–H groups in total. The summed E-state index contributed by atoms with van der Waals surface area (Å²) in [7, 11) is 0. The highest BCUT2D eigenvalue weighted by atomic mass is 32.2. The van der Waals surface area contributed by atoms with Crippen LogP contribution < -0.4 is 5.32 Å². The maximum Gasteiger partial charge on any atom is 0.113 e. The normalized spacial score (nSPS) is 22.4. The summed E-state index contributed by atoms with van der Waals surface area (Å²) in [5.41, 5.74) is 0. The van der Waals surface area contributed by atoms with Crippen LogP contribution in [-0.2, 0) is 5.75 Å². The molecule has 0 saturated carbocycles. The molecular formula is C11H17NOS. The minimum Gasteiger partial charge on any atom is -0.468 e. The van der Waals surface area contributed by atoms with Crippen molar-refractivity contribution in [1.29, 1.82) is 0 Å². The van der Waals surface area contributed by atoms with Crippen molar-refractivity contribution in [3.05, 3.63) is 24.2 Å². The number of furan rings is 1. The molecule has 1 saturated heterocycles. The Bertz CT molecular complexity index is 242. The Balaban J connectivity index is 1.62. The molecular weight excluding hydrogens is 194 g/mol. The van der Waals surface area contributed by atoms with Crippen molar-refractivity contribution in [1.82, 2.24) is 5.32 Å². The SMILES string of the molecule is c1coc(CSC[C@H]2CCCNC2)c1. The first-order valence-corrected chi connectivity index (χ1v) is 6.41. The van der Waals surface area contributed by atoms with E-state index in [-0.39, 0.29) is 0 Å². The molecule has 14 heavy (non-hydrogen) atoms. The summed E-state index contributed by atoms with van der Waals surface area (Å²) in [5, 5.41) is 3.44. The van der Waals surface area contributed by atoms with Crippen molar-refractivity contribution in [2.24, 2.45) is 5.92 Å². The van der Waals surface area contributed by atoms with Crippen molar-refractivity contribution in [3.63, 3.8) is 0 Å². The summed E-state index contributed by atoms with van der Waals surface area (Å²) in [4.78, 5) is 0. The van der Waals surface area contributed by atoms with Gasteiger partial charge in [-0.2, -0.15) is 11.8 Å². The standard InChI is InChI=1S/C11H17NOS/c1-3-10(7-12-5-1)8-14-9-11-4-2-6-13-11/h2,4,6,10,12H,1,3,5,7-9H2/t10-/m0/s1. The Kier molecular flexibility index (Phi) is 3.95. The Morgan fingerprint density at radius 3 is 3.29 bits per heavy atom. The van der Waals surface area contributed by atoms with Crippen LogP contribution >= 0.6 is 11.8 Å². The lowest BCUT2D eigenvalue weighted by Gasteiger charge is -2.21. The van der Waals surface area contributed by atoms with Crippen molar-refractivity contribution in [2.45, 2.75) is 18.6 Å². The number of piperidine rings is 1. The molecule has 0 radical (unpaired) electrons. The largest absolute Gasteiger partial charge is 0.468 e. The molecule has 0 spiro atoms. The first-order chi connectivity index (χ1) is 6.95. The summed E-state index contributed by atoms with van der Waals surface area (Å²) in [6.07, 6.45) is 4.47. The summed E-state index contributed by atoms with van der Waals surface area (Å²) in [6, 6.07) is 4.00. The molecule has 1 fully saturated rings. The highest BCUT2D eigenvalue weighted by Crippen LogP contribution is 2.19. The van der Waals surface area contributed by atoms with Crippen LogP contribution in [0.5, 0.6) is 0 Å². The van der Waals surface area contributed by atoms with E-state index in [0.29, 0.717) is 0 Å². The molecule has 2 heterocycles. The van der Waals surface area contributed by atoms with Gasteiger partial charge >= 0.3 is 0 Å². The quantitative estimate of drug-likeness (QED) is 0.828. The van der Waals surface area contributed by atoms with E-state index < -0.39 is 0 Å².